The molecule has 2 aromatic rings. The number of pyridine rings is 1. The van der Waals surface area contributed by atoms with Crippen LogP contribution in [0.3, 0.4) is 0 Å². The van der Waals surface area contributed by atoms with Gasteiger partial charge in [-0.1, -0.05) is 32.0 Å². The number of hydrogen-bond acceptors (Lipinski definition) is 3. The molecular weight excluding hydrogens is 258 g/mol. The molecule has 0 saturated carbocycles. The summed E-state index contributed by atoms with van der Waals surface area (Å²) in [4.78, 5) is 7.30. The molecule has 21 heavy (non-hydrogen) atoms. The molecule has 1 aromatic carbocycles. The van der Waals surface area contributed by atoms with E-state index in [1.54, 1.807) is 0 Å². The molecule has 3 heteroatoms. The molecule has 0 aliphatic rings. The van der Waals surface area contributed by atoms with E-state index in [1.165, 1.54) is 10.9 Å². The van der Waals surface area contributed by atoms with Gasteiger partial charge < -0.3 is 10.2 Å². The number of para-hydroxylation sites is 1. The third-order valence-electron chi connectivity index (χ3n) is 3.72. The minimum Gasteiger partial charge on any atom is -0.354 e. The zero-order chi connectivity index (χ0) is 15.4. The van der Waals surface area contributed by atoms with Crippen LogP contribution in [-0.4, -0.2) is 23.6 Å². The molecular formula is C18H27N3. The van der Waals surface area contributed by atoms with Crippen LogP contribution in [0.1, 0.15) is 40.2 Å². The Morgan fingerprint density at radius 3 is 2.48 bits per heavy atom. The molecule has 1 N–H and O–H groups in total. The topological polar surface area (TPSA) is 28.2 Å². The number of hydrogen-bond donors (Lipinski definition) is 1. The van der Waals surface area contributed by atoms with Crippen molar-refractivity contribution in [2.45, 2.75) is 53.2 Å². The first-order valence-corrected chi connectivity index (χ1v) is 7.91. The second-order valence-corrected chi connectivity index (χ2v) is 6.08. The van der Waals surface area contributed by atoms with Crippen molar-refractivity contribution in [1.29, 1.82) is 0 Å². The van der Waals surface area contributed by atoms with E-state index in [9.17, 15) is 0 Å². The summed E-state index contributed by atoms with van der Waals surface area (Å²) in [6, 6.07) is 11.5. The molecule has 0 radical (unpaired) electrons. The SMILES string of the molecule is CCN(c1nc2ccccc2cc1CNC(C)C)C(C)C. The zero-order valence-electron chi connectivity index (χ0n) is 13.9. The fraction of sp³-hybridized carbons (Fsp3) is 0.500. The van der Waals surface area contributed by atoms with Gasteiger partial charge in [-0.25, -0.2) is 4.98 Å². The standard InChI is InChI=1S/C18H27N3/c1-6-21(14(4)5)18-16(12-19-13(2)3)11-15-9-7-8-10-17(15)20-18/h7-11,13-14,19H,6,12H2,1-5H3. The van der Waals surface area contributed by atoms with Crippen molar-refractivity contribution < 1.29 is 0 Å². The van der Waals surface area contributed by atoms with Crippen molar-refractivity contribution in [1.82, 2.24) is 10.3 Å². The first-order chi connectivity index (χ1) is 10.0. The smallest absolute Gasteiger partial charge is 0.134 e. The van der Waals surface area contributed by atoms with E-state index in [4.69, 9.17) is 4.98 Å². The van der Waals surface area contributed by atoms with Crippen LogP contribution in [0, 0.1) is 0 Å². The van der Waals surface area contributed by atoms with Crippen LogP contribution in [0.4, 0.5) is 5.82 Å². The average Bonchev–Trinajstić information content (AvgIpc) is 2.45. The minimum absolute atomic E-state index is 0.446. The summed E-state index contributed by atoms with van der Waals surface area (Å²) in [7, 11) is 0. The van der Waals surface area contributed by atoms with Crippen molar-refractivity contribution >= 4 is 16.7 Å². The molecule has 0 saturated heterocycles. The lowest BCUT2D eigenvalue weighted by Crippen LogP contribution is -2.33. The molecule has 0 amide bonds. The Morgan fingerprint density at radius 1 is 1.14 bits per heavy atom. The summed E-state index contributed by atoms with van der Waals surface area (Å²) in [5, 5.41) is 4.73. The summed E-state index contributed by atoms with van der Waals surface area (Å²) in [6.45, 7) is 12.8. The molecule has 2 rings (SSSR count). The Balaban J connectivity index is 2.49. The number of nitrogens with zero attached hydrogens (tertiary/aromatic N) is 2. The fourth-order valence-corrected chi connectivity index (χ4v) is 2.60. The lowest BCUT2D eigenvalue weighted by molar-refractivity contribution is 0.585. The van der Waals surface area contributed by atoms with Gasteiger partial charge in [-0.2, -0.15) is 0 Å². The maximum Gasteiger partial charge on any atom is 0.134 e. The van der Waals surface area contributed by atoms with E-state index in [2.05, 4.69) is 75.2 Å². The minimum atomic E-state index is 0.446. The van der Waals surface area contributed by atoms with E-state index in [1.807, 2.05) is 0 Å². The van der Waals surface area contributed by atoms with Crippen LogP contribution in [0.15, 0.2) is 30.3 Å². The lowest BCUT2D eigenvalue weighted by atomic mass is 10.1. The first kappa shape index (κ1) is 15.8. The highest BCUT2D eigenvalue weighted by molar-refractivity contribution is 5.81. The highest BCUT2D eigenvalue weighted by Gasteiger charge is 2.15. The Morgan fingerprint density at radius 2 is 1.86 bits per heavy atom. The zero-order valence-corrected chi connectivity index (χ0v) is 13.9. The number of anilines is 1. The van der Waals surface area contributed by atoms with Gasteiger partial charge in [-0.15, -0.1) is 0 Å². The second-order valence-electron chi connectivity index (χ2n) is 6.08. The third-order valence-corrected chi connectivity index (χ3v) is 3.72. The normalized spacial score (nSPS) is 11.6. The molecule has 1 heterocycles. The van der Waals surface area contributed by atoms with Gasteiger partial charge in [-0.05, 0) is 32.9 Å². The summed E-state index contributed by atoms with van der Waals surface area (Å²) in [5.41, 5.74) is 2.35. The molecule has 0 spiro atoms. The summed E-state index contributed by atoms with van der Waals surface area (Å²) in [6.07, 6.45) is 0. The van der Waals surface area contributed by atoms with Gasteiger partial charge in [0, 0.05) is 36.1 Å². The predicted octanol–water partition coefficient (Wildman–Crippen LogP) is 3.97. The number of aromatic nitrogens is 1. The van der Waals surface area contributed by atoms with Crippen LogP contribution < -0.4 is 10.2 Å². The average molecular weight is 285 g/mol. The molecule has 0 aliphatic carbocycles. The van der Waals surface area contributed by atoms with Crippen molar-refractivity contribution in [2.24, 2.45) is 0 Å². The molecule has 0 atom stereocenters. The molecule has 0 unspecified atom stereocenters. The lowest BCUT2D eigenvalue weighted by Gasteiger charge is -2.29. The van der Waals surface area contributed by atoms with E-state index >= 15 is 0 Å². The van der Waals surface area contributed by atoms with Gasteiger partial charge in [0.05, 0.1) is 5.52 Å². The van der Waals surface area contributed by atoms with Gasteiger partial charge in [0.25, 0.3) is 0 Å². The first-order valence-electron chi connectivity index (χ1n) is 7.91. The summed E-state index contributed by atoms with van der Waals surface area (Å²) < 4.78 is 0. The largest absolute Gasteiger partial charge is 0.354 e. The van der Waals surface area contributed by atoms with Gasteiger partial charge in [-0.3, -0.25) is 0 Å². The number of fused-ring (bicyclic) bond motifs is 1. The Hall–Kier alpha value is -1.61. The molecule has 0 bridgehead atoms. The van der Waals surface area contributed by atoms with E-state index in [-0.39, 0.29) is 0 Å². The van der Waals surface area contributed by atoms with Crippen molar-refractivity contribution in [3.8, 4) is 0 Å². The maximum atomic E-state index is 4.93. The van der Waals surface area contributed by atoms with Crippen LogP contribution >= 0.6 is 0 Å². The van der Waals surface area contributed by atoms with Crippen LogP contribution in [0.25, 0.3) is 10.9 Å². The number of rotatable bonds is 6. The van der Waals surface area contributed by atoms with Crippen molar-refractivity contribution in [2.75, 3.05) is 11.4 Å². The number of benzene rings is 1. The van der Waals surface area contributed by atoms with Crippen LogP contribution in [0.2, 0.25) is 0 Å². The molecule has 1 aromatic heterocycles. The van der Waals surface area contributed by atoms with E-state index in [0.717, 1.165) is 24.4 Å². The van der Waals surface area contributed by atoms with Crippen LogP contribution in [0.5, 0.6) is 0 Å². The van der Waals surface area contributed by atoms with Crippen molar-refractivity contribution in [3.05, 3.63) is 35.9 Å². The summed E-state index contributed by atoms with van der Waals surface area (Å²) in [5.74, 6) is 1.11. The maximum absolute atomic E-state index is 4.93. The number of nitrogens with one attached hydrogen (secondary N) is 1. The molecule has 0 fully saturated rings. The Labute approximate surface area is 128 Å². The fourth-order valence-electron chi connectivity index (χ4n) is 2.60. The van der Waals surface area contributed by atoms with Crippen molar-refractivity contribution in [3.63, 3.8) is 0 Å². The van der Waals surface area contributed by atoms with E-state index in [0.29, 0.717) is 12.1 Å². The Bertz CT molecular complexity index is 590. The highest BCUT2D eigenvalue weighted by Crippen LogP contribution is 2.25. The monoisotopic (exact) mass is 285 g/mol. The second kappa shape index (κ2) is 6.90. The highest BCUT2D eigenvalue weighted by atomic mass is 15.2. The van der Waals surface area contributed by atoms with Gasteiger partial charge in [0.1, 0.15) is 5.82 Å². The predicted molar refractivity (Wildman–Crippen MR) is 91.9 cm³/mol. The van der Waals surface area contributed by atoms with Crippen LogP contribution in [-0.2, 0) is 6.54 Å². The summed E-state index contributed by atoms with van der Waals surface area (Å²) >= 11 is 0. The third kappa shape index (κ3) is 3.73. The quantitative estimate of drug-likeness (QED) is 0.870. The molecule has 0 aliphatic heterocycles. The van der Waals surface area contributed by atoms with Gasteiger partial charge in [0.15, 0.2) is 0 Å². The van der Waals surface area contributed by atoms with Gasteiger partial charge >= 0.3 is 0 Å². The van der Waals surface area contributed by atoms with E-state index < -0.39 is 0 Å². The Kier molecular flexibility index (Phi) is 5.18. The molecule has 114 valence electrons. The molecule has 3 nitrogen and oxygen atoms in total. The van der Waals surface area contributed by atoms with Gasteiger partial charge in [0.2, 0.25) is 0 Å².